The number of aromatic nitrogens is 3. The summed E-state index contributed by atoms with van der Waals surface area (Å²) in [6.45, 7) is 12.7. The van der Waals surface area contributed by atoms with E-state index in [1.54, 1.807) is 6.07 Å². The number of aliphatic hydroxyl groups is 1. The van der Waals surface area contributed by atoms with Gasteiger partial charge in [-0.25, -0.2) is 14.4 Å². The first-order valence-corrected chi connectivity index (χ1v) is 14.2. The molecular formula is C29H37ClFN5O4. The van der Waals surface area contributed by atoms with Crippen LogP contribution >= 0.6 is 11.6 Å². The molecule has 0 aliphatic carbocycles. The van der Waals surface area contributed by atoms with Crippen molar-refractivity contribution in [1.29, 1.82) is 0 Å². The Balaban J connectivity index is 1.63. The third-order valence-corrected chi connectivity index (χ3v) is 8.27. The number of nitrogens with one attached hydrogen (secondary N) is 1. The molecule has 2 N–H and O–H groups in total. The van der Waals surface area contributed by atoms with Crippen LogP contribution in [0.5, 0.6) is 0 Å². The lowest BCUT2D eigenvalue weighted by atomic mass is 10.0. The van der Waals surface area contributed by atoms with Gasteiger partial charge in [0.1, 0.15) is 5.82 Å². The molecule has 40 heavy (non-hydrogen) atoms. The van der Waals surface area contributed by atoms with Gasteiger partial charge in [-0.2, -0.15) is 0 Å². The van der Waals surface area contributed by atoms with Crippen LogP contribution in [-0.2, 0) is 16.0 Å². The molecule has 3 aromatic rings. The van der Waals surface area contributed by atoms with E-state index in [2.05, 4.69) is 52.4 Å². The smallest absolute Gasteiger partial charge is 0.223 e. The second-order valence-electron chi connectivity index (χ2n) is 11.2. The van der Waals surface area contributed by atoms with E-state index >= 15 is 4.39 Å². The van der Waals surface area contributed by atoms with Gasteiger partial charge in [0.15, 0.2) is 5.43 Å². The number of hydrogen-bond donors (Lipinski definition) is 2. The van der Waals surface area contributed by atoms with Crippen LogP contribution < -0.4 is 10.7 Å². The van der Waals surface area contributed by atoms with Crippen LogP contribution in [0.1, 0.15) is 51.4 Å². The summed E-state index contributed by atoms with van der Waals surface area (Å²) in [6, 6.07) is 3.04. The van der Waals surface area contributed by atoms with Crippen molar-refractivity contribution in [2.75, 3.05) is 31.7 Å². The molecule has 2 aliphatic rings. The van der Waals surface area contributed by atoms with Gasteiger partial charge >= 0.3 is 0 Å². The average Bonchev–Trinajstić information content (AvgIpc) is 2.91. The molecule has 4 atom stereocenters. The quantitative estimate of drug-likeness (QED) is 0.450. The number of halogens is 2. The Labute approximate surface area is 238 Å². The average molecular weight is 574 g/mol. The summed E-state index contributed by atoms with van der Waals surface area (Å²) < 4.78 is 28.8. The molecule has 4 heterocycles. The predicted octanol–water partition coefficient (Wildman–Crippen LogP) is 4.31. The van der Waals surface area contributed by atoms with Gasteiger partial charge in [0, 0.05) is 53.5 Å². The normalized spacial score (nSPS) is 24.1. The molecule has 9 nitrogen and oxygen atoms in total. The number of morpholine rings is 1. The van der Waals surface area contributed by atoms with Crippen molar-refractivity contribution >= 4 is 28.5 Å². The monoisotopic (exact) mass is 573 g/mol. The summed E-state index contributed by atoms with van der Waals surface area (Å²) >= 11 is 6.50. The van der Waals surface area contributed by atoms with Gasteiger partial charge in [-0.1, -0.05) is 11.6 Å². The van der Waals surface area contributed by atoms with E-state index in [1.165, 1.54) is 12.3 Å². The molecule has 5 rings (SSSR count). The van der Waals surface area contributed by atoms with E-state index in [1.807, 2.05) is 6.92 Å². The number of anilines is 1. The Morgan fingerprint density at radius 1 is 1.20 bits per heavy atom. The highest BCUT2D eigenvalue weighted by Gasteiger charge is 2.29. The van der Waals surface area contributed by atoms with Crippen molar-refractivity contribution in [2.24, 2.45) is 0 Å². The molecular weight excluding hydrogens is 537 g/mol. The van der Waals surface area contributed by atoms with Crippen LogP contribution in [0.25, 0.3) is 22.2 Å². The topological polar surface area (TPSA) is 102 Å². The van der Waals surface area contributed by atoms with Crippen molar-refractivity contribution < 1.29 is 19.0 Å². The van der Waals surface area contributed by atoms with Crippen LogP contribution in [0, 0.1) is 12.7 Å². The summed E-state index contributed by atoms with van der Waals surface area (Å²) in [7, 11) is 0. The van der Waals surface area contributed by atoms with Gasteiger partial charge < -0.3 is 24.5 Å². The zero-order chi connectivity index (χ0) is 28.7. The van der Waals surface area contributed by atoms with Gasteiger partial charge in [0.2, 0.25) is 5.95 Å². The third kappa shape index (κ3) is 5.47. The van der Waals surface area contributed by atoms with Crippen LogP contribution in [0.3, 0.4) is 0 Å². The SMILES string of the molecule is Cc1c(CN2[C@@H](C)COC[C@@H]2C)n(C(C)C)c2cc(-c3nc(N[C@@H]4CCOC[C@H]4O)ncc3Cl)c(F)cc2c1=O. The maximum absolute atomic E-state index is 15.7. The van der Waals surface area contributed by atoms with Gasteiger partial charge in [-0.3, -0.25) is 9.69 Å². The minimum atomic E-state index is -0.715. The van der Waals surface area contributed by atoms with E-state index < -0.39 is 11.9 Å². The maximum atomic E-state index is 15.7. The largest absolute Gasteiger partial charge is 0.389 e. The molecule has 0 radical (unpaired) electrons. The highest BCUT2D eigenvalue weighted by molar-refractivity contribution is 6.33. The lowest BCUT2D eigenvalue weighted by Gasteiger charge is -2.39. The molecule has 11 heteroatoms. The van der Waals surface area contributed by atoms with E-state index in [0.717, 1.165) is 5.69 Å². The first-order chi connectivity index (χ1) is 19.1. The van der Waals surface area contributed by atoms with Crippen molar-refractivity contribution in [1.82, 2.24) is 19.4 Å². The lowest BCUT2D eigenvalue weighted by molar-refractivity contribution is -0.0420. The van der Waals surface area contributed by atoms with Crippen molar-refractivity contribution in [3.63, 3.8) is 0 Å². The lowest BCUT2D eigenvalue weighted by Crippen LogP contribution is -2.49. The van der Waals surface area contributed by atoms with Crippen molar-refractivity contribution in [3.05, 3.63) is 50.7 Å². The third-order valence-electron chi connectivity index (χ3n) is 7.99. The van der Waals surface area contributed by atoms with Crippen LogP contribution in [-0.4, -0.2) is 75.2 Å². The molecule has 0 bridgehead atoms. The summed E-state index contributed by atoms with van der Waals surface area (Å²) in [4.78, 5) is 24.7. The molecule has 2 aromatic heterocycles. The summed E-state index contributed by atoms with van der Waals surface area (Å²) in [5, 5.41) is 13.9. The second-order valence-corrected chi connectivity index (χ2v) is 11.6. The zero-order valence-electron chi connectivity index (χ0n) is 23.6. The fraction of sp³-hybridized carbons (Fsp3) is 0.552. The molecule has 216 valence electrons. The van der Waals surface area contributed by atoms with E-state index in [0.29, 0.717) is 49.3 Å². The first kappa shape index (κ1) is 28.9. The highest BCUT2D eigenvalue weighted by atomic mass is 35.5. The Kier molecular flexibility index (Phi) is 8.45. The molecule has 0 amide bonds. The van der Waals surface area contributed by atoms with Gasteiger partial charge in [0.05, 0.1) is 54.4 Å². The van der Waals surface area contributed by atoms with Gasteiger partial charge in [-0.05, 0) is 53.2 Å². The van der Waals surface area contributed by atoms with Crippen molar-refractivity contribution in [3.8, 4) is 11.3 Å². The Morgan fingerprint density at radius 2 is 1.93 bits per heavy atom. The van der Waals surface area contributed by atoms with Gasteiger partial charge in [-0.15, -0.1) is 0 Å². The first-order valence-electron chi connectivity index (χ1n) is 13.8. The fourth-order valence-electron chi connectivity index (χ4n) is 5.77. The maximum Gasteiger partial charge on any atom is 0.223 e. The highest BCUT2D eigenvalue weighted by Crippen LogP contribution is 2.33. The van der Waals surface area contributed by atoms with Crippen molar-refractivity contribution in [2.45, 2.75) is 77.9 Å². The Morgan fingerprint density at radius 3 is 2.60 bits per heavy atom. The number of aliphatic hydroxyl groups excluding tert-OH is 1. The Bertz CT molecular complexity index is 1450. The number of rotatable bonds is 6. The van der Waals surface area contributed by atoms with Crippen LogP contribution in [0.2, 0.25) is 5.02 Å². The fourth-order valence-corrected chi connectivity index (χ4v) is 5.96. The second kappa shape index (κ2) is 11.7. The van der Waals surface area contributed by atoms with E-state index in [9.17, 15) is 9.90 Å². The number of pyridine rings is 1. The van der Waals surface area contributed by atoms with Crippen LogP contribution in [0.15, 0.2) is 23.1 Å². The summed E-state index contributed by atoms with van der Waals surface area (Å²) in [5.74, 6) is -0.369. The predicted molar refractivity (Wildman–Crippen MR) is 153 cm³/mol. The van der Waals surface area contributed by atoms with Crippen LogP contribution in [0.4, 0.5) is 10.3 Å². The molecule has 1 aromatic carbocycles. The standard InChI is InChI=1S/C29H37ClFN5O4/c1-15(2)36-24-9-19(27-21(30)10-32-29(34-27)33-23-6-7-39-14-26(23)37)22(31)8-20(24)28(38)18(5)25(36)11-35-16(3)12-40-13-17(35)4/h8-10,15-17,23,26,37H,6-7,11-14H2,1-5H3,(H,32,33,34)/t16-,17-,23+,26+/m0/s1. The minimum Gasteiger partial charge on any atom is -0.389 e. The number of hydrogen-bond acceptors (Lipinski definition) is 8. The van der Waals surface area contributed by atoms with E-state index in [4.69, 9.17) is 21.1 Å². The molecule has 0 saturated carbocycles. The number of benzene rings is 1. The minimum absolute atomic E-state index is 0.00475. The molecule has 2 saturated heterocycles. The number of fused-ring (bicyclic) bond motifs is 1. The number of nitrogens with zero attached hydrogens (tertiary/aromatic N) is 4. The zero-order valence-corrected chi connectivity index (χ0v) is 24.3. The number of ether oxygens (including phenoxy) is 2. The molecule has 2 fully saturated rings. The van der Waals surface area contributed by atoms with E-state index in [-0.39, 0.29) is 58.4 Å². The molecule has 0 spiro atoms. The summed E-state index contributed by atoms with van der Waals surface area (Å²) in [6.07, 6.45) is 1.28. The Hall–Kier alpha value is -2.63. The molecule has 2 aliphatic heterocycles. The summed E-state index contributed by atoms with van der Waals surface area (Å²) in [5.41, 5.74) is 2.32. The van der Waals surface area contributed by atoms with Gasteiger partial charge in [0.25, 0.3) is 0 Å². The molecule has 0 unspecified atom stereocenters.